The first-order valence-electron chi connectivity index (χ1n) is 2.21. The Morgan fingerprint density at radius 3 is 1.57 bits per heavy atom. The first-order valence-corrected chi connectivity index (χ1v) is 2.21. The van der Waals surface area contributed by atoms with Gasteiger partial charge in [0.2, 0.25) is 0 Å². The Bertz CT molecular complexity index is 28.9. The molecule has 0 aliphatic rings. The molecule has 0 atom stereocenters. The molecule has 0 heterocycles. The van der Waals surface area contributed by atoms with Crippen LogP contribution < -0.4 is 11.5 Å². The number of hydrogen-bond donors (Lipinski definition) is 2. The fourth-order valence-corrected chi connectivity index (χ4v) is 0.0962. The topological polar surface area (TPSA) is 52.0 Å². The smallest absolute Gasteiger partial charge is 0.00395 e. The van der Waals surface area contributed by atoms with Crippen LogP contribution in [0.25, 0.3) is 0 Å². The molecule has 0 fully saturated rings. The summed E-state index contributed by atoms with van der Waals surface area (Å²) in [6, 6.07) is 0. The van der Waals surface area contributed by atoms with E-state index in [9.17, 15) is 0 Å². The normalized spacial score (nSPS) is 8.57. The summed E-state index contributed by atoms with van der Waals surface area (Å²) >= 11 is 0. The maximum absolute atomic E-state index is 5.20. The zero-order valence-electron chi connectivity index (χ0n) is 4.55. The molecule has 0 unspecified atom stereocenters. The minimum absolute atomic E-state index is 0. The Hall–Kier alpha value is 0.210. The molecule has 4 N–H and O–H groups in total. The number of hydrogen-bond acceptors (Lipinski definition) is 2. The average Bonchev–Trinajstić information content (AvgIpc) is 1.65. The van der Waals surface area contributed by atoms with Crippen molar-refractivity contribution in [1.29, 1.82) is 0 Å². The van der Waals surface area contributed by atoms with Crippen LogP contribution in [0, 0.1) is 5.92 Å². The molecule has 0 saturated heterocycles. The van der Waals surface area contributed by atoms with Crippen molar-refractivity contribution >= 4 is 12.4 Å². The summed E-state index contributed by atoms with van der Waals surface area (Å²) in [4.78, 5) is 0. The van der Waals surface area contributed by atoms with Crippen LogP contribution in [0.15, 0.2) is 0 Å². The van der Waals surface area contributed by atoms with Crippen LogP contribution >= 0.6 is 12.4 Å². The van der Waals surface area contributed by atoms with Crippen molar-refractivity contribution in [2.45, 2.75) is 6.92 Å². The van der Waals surface area contributed by atoms with Crippen molar-refractivity contribution < 1.29 is 0 Å². The Morgan fingerprint density at radius 2 is 1.57 bits per heavy atom. The summed E-state index contributed by atoms with van der Waals surface area (Å²) in [7, 11) is 0. The molecule has 46 valence electrons. The molecule has 0 aliphatic heterocycles. The molecule has 3 heteroatoms. The van der Waals surface area contributed by atoms with Gasteiger partial charge in [0.25, 0.3) is 0 Å². The van der Waals surface area contributed by atoms with E-state index in [2.05, 4.69) is 0 Å². The zero-order chi connectivity index (χ0) is 4.99. The summed E-state index contributed by atoms with van der Waals surface area (Å²) < 4.78 is 0. The predicted molar refractivity (Wildman–Crippen MR) is 34.5 cm³/mol. The minimum atomic E-state index is 0. The van der Waals surface area contributed by atoms with Crippen molar-refractivity contribution in [3.8, 4) is 0 Å². The Balaban J connectivity index is 0. The van der Waals surface area contributed by atoms with Gasteiger partial charge in [-0.15, -0.1) is 12.4 Å². The Labute approximate surface area is 50.7 Å². The van der Waals surface area contributed by atoms with E-state index in [4.69, 9.17) is 11.5 Å². The van der Waals surface area contributed by atoms with Crippen molar-refractivity contribution in [2.24, 2.45) is 17.4 Å². The molecular formula is C4H13ClN2. The van der Waals surface area contributed by atoms with Gasteiger partial charge in [-0.3, -0.25) is 0 Å². The highest BCUT2D eigenvalue weighted by Crippen LogP contribution is 1.81. The molecule has 2 nitrogen and oxygen atoms in total. The quantitative estimate of drug-likeness (QED) is 0.543. The highest BCUT2D eigenvalue weighted by atomic mass is 35.5. The summed E-state index contributed by atoms with van der Waals surface area (Å²) in [6.45, 7) is 3.44. The lowest BCUT2D eigenvalue weighted by atomic mass is 10.2. The van der Waals surface area contributed by atoms with Gasteiger partial charge < -0.3 is 11.5 Å². The number of nitrogens with two attached hydrogens (primary N) is 2. The van der Waals surface area contributed by atoms with Gasteiger partial charge in [0.05, 0.1) is 0 Å². The van der Waals surface area contributed by atoms with Crippen LogP contribution in [0.3, 0.4) is 0 Å². The zero-order valence-corrected chi connectivity index (χ0v) is 5.37. The monoisotopic (exact) mass is 124 g/mol. The van der Waals surface area contributed by atoms with E-state index in [1.165, 1.54) is 0 Å². The lowest BCUT2D eigenvalue weighted by Gasteiger charge is -1.99. The summed E-state index contributed by atoms with van der Waals surface area (Å²) in [5.74, 6) is 0.491. The average molecular weight is 125 g/mol. The van der Waals surface area contributed by atoms with E-state index in [0.29, 0.717) is 19.0 Å². The molecule has 0 aromatic carbocycles. The van der Waals surface area contributed by atoms with Gasteiger partial charge in [-0.05, 0) is 19.0 Å². The summed E-state index contributed by atoms with van der Waals surface area (Å²) in [5, 5.41) is 0. The fraction of sp³-hybridized carbons (Fsp3) is 1.00. The largest absolute Gasteiger partial charge is 0.330 e. The van der Waals surface area contributed by atoms with Crippen LogP contribution in [0.4, 0.5) is 0 Å². The number of halogens is 1. The van der Waals surface area contributed by atoms with Crippen molar-refractivity contribution in [3.63, 3.8) is 0 Å². The van der Waals surface area contributed by atoms with Gasteiger partial charge in [-0.2, -0.15) is 0 Å². The third-order valence-corrected chi connectivity index (χ3v) is 0.805. The SMILES string of the molecule is CC(CN)CN.Cl. The van der Waals surface area contributed by atoms with E-state index < -0.39 is 0 Å². The summed E-state index contributed by atoms with van der Waals surface area (Å²) in [5.41, 5.74) is 10.4. The van der Waals surface area contributed by atoms with Gasteiger partial charge in [0.15, 0.2) is 0 Å². The standard InChI is InChI=1S/C4H12N2.ClH/c1-4(2-5)3-6;/h4H,2-3,5-6H2,1H3;1H. The van der Waals surface area contributed by atoms with E-state index in [-0.39, 0.29) is 12.4 Å². The maximum atomic E-state index is 5.20. The van der Waals surface area contributed by atoms with E-state index in [1.807, 2.05) is 6.92 Å². The molecule has 0 rings (SSSR count). The van der Waals surface area contributed by atoms with Crippen molar-refractivity contribution in [1.82, 2.24) is 0 Å². The molecule has 0 aromatic heterocycles. The van der Waals surface area contributed by atoms with E-state index in [1.54, 1.807) is 0 Å². The van der Waals surface area contributed by atoms with Crippen LogP contribution in [-0.2, 0) is 0 Å². The van der Waals surface area contributed by atoms with Crippen molar-refractivity contribution in [3.05, 3.63) is 0 Å². The second-order valence-corrected chi connectivity index (χ2v) is 1.58. The Morgan fingerprint density at radius 1 is 1.29 bits per heavy atom. The van der Waals surface area contributed by atoms with Crippen LogP contribution in [0.5, 0.6) is 0 Å². The second-order valence-electron chi connectivity index (χ2n) is 1.58. The van der Waals surface area contributed by atoms with Gasteiger partial charge in [0, 0.05) is 0 Å². The van der Waals surface area contributed by atoms with Gasteiger partial charge in [-0.1, -0.05) is 6.92 Å². The molecule has 0 amide bonds. The lowest BCUT2D eigenvalue weighted by Crippen LogP contribution is -2.19. The van der Waals surface area contributed by atoms with Gasteiger partial charge in [0.1, 0.15) is 0 Å². The molecule has 0 saturated carbocycles. The molecule has 0 aromatic rings. The third kappa shape index (κ3) is 6.21. The summed E-state index contributed by atoms with van der Waals surface area (Å²) in [6.07, 6.45) is 0. The third-order valence-electron chi connectivity index (χ3n) is 0.805. The first-order chi connectivity index (χ1) is 2.81. The second kappa shape index (κ2) is 6.21. The lowest BCUT2D eigenvalue weighted by molar-refractivity contribution is 0.608. The number of rotatable bonds is 2. The molecule has 0 bridgehead atoms. The molecule has 0 spiro atoms. The van der Waals surface area contributed by atoms with Crippen LogP contribution in [0.2, 0.25) is 0 Å². The van der Waals surface area contributed by atoms with Gasteiger partial charge >= 0.3 is 0 Å². The minimum Gasteiger partial charge on any atom is -0.330 e. The maximum Gasteiger partial charge on any atom is -0.00395 e. The fourth-order valence-electron chi connectivity index (χ4n) is 0.0962. The van der Waals surface area contributed by atoms with Crippen molar-refractivity contribution in [2.75, 3.05) is 13.1 Å². The first kappa shape index (κ1) is 10.2. The highest BCUT2D eigenvalue weighted by molar-refractivity contribution is 5.85. The van der Waals surface area contributed by atoms with Crippen LogP contribution in [-0.4, -0.2) is 13.1 Å². The molecule has 0 radical (unpaired) electrons. The molecule has 0 aliphatic carbocycles. The molecule has 7 heavy (non-hydrogen) atoms. The van der Waals surface area contributed by atoms with Gasteiger partial charge in [-0.25, -0.2) is 0 Å². The highest BCUT2D eigenvalue weighted by Gasteiger charge is 1.89. The predicted octanol–water partition coefficient (Wildman–Crippen LogP) is -0.0383. The molecular weight excluding hydrogens is 112 g/mol. The van der Waals surface area contributed by atoms with Crippen LogP contribution in [0.1, 0.15) is 6.92 Å². The van der Waals surface area contributed by atoms with E-state index in [0.717, 1.165) is 0 Å². The van der Waals surface area contributed by atoms with E-state index >= 15 is 0 Å². The Kier molecular flexibility index (Phi) is 9.09.